The average molecular weight is 325 g/mol. The topological polar surface area (TPSA) is 87.5 Å². The molecule has 6 nitrogen and oxygen atoms in total. The molecule has 1 aromatic rings. The molecule has 0 bridgehead atoms. The number of hydrogen-bond acceptors (Lipinski definition) is 3. The Hall–Kier alpha value is -1.95. The Bertz CT molecular complexity index is 579. The van der Waals surface area contributed by atoms with Crippen LogP contribution in [-0.4, -0.2) is 36.0 Å². The molecule has 120 valence electrons. The van der Waals surface area contributed by atoms with Gasteiger partial charge in [-0.3, -0.25) is 4.79 Å². The zero-order valence-electron chi connectivity index (χ0n) is 12.3. The molecule has 4 N–H and O–H groups in total. The van der Waals surface area contributed by atoms with Gasteiger partial charge in [0.05, 0.1) is 0 Å². The third kappa shape index (κ3) is 3.27. The molecule has 0 spiro atoms. The second kappa shape index (κ2) is 6.87. The molecule has 2 aliphatic rings. The number of anilines is 2. The molecule has 3 rings (SSSR count). The summed E-state index contributed by atoms with van der Waals surface area (Å²) in [6, 6.07) is 4.91. The Kier molecular flexibility index (Phi) is 5.13. The number of nitrogens with zero attached hydrogens (tertiary/aromatic N) is 1. The van der Waals surface area contributed by atoms with E-state index in [9.17, 15) is 9.59 Å². The number of likely N-dealkylation sites (tertiary alicyclic amines) is 1. The predicted molar refractivity (Wildman–Crippen MR) is 88.4 cm³/mol. The minimum Gasteiger partial charge on any atom is -0.385 e. The molecule has 3 amide bonds. The molecule has 0 aromatic heterocycles. The summed E-state index contributed by atoms with van der Waals surface area (Å²) in [4.78, 5) is 25.1. The summed E-state index contributed by atoms with van der Waals surface area (Å²) in [6.07, 6.45) is 3.60. The average Bonchev–Trinajstić information content (AvgIpc) is 2.97. The second-order valence-electron chi connectivity index (χ2n) is 5.58. The molecule has 1 saturated heterocycles. The quantitative estimate of drug-likeness (QED) is 0.777. The molecule has 2 aliphatic heterocycles. The summed E-state index contributed by atoms with van der Waals surface area (Å²) < 4.78 is 0. The molecule has 0 saturated carbocycles. The van der Waals surface area contributed by atoms with E-state index in [4.69, 9.17) is 5.73 Å². The van der Waals surface area contributed by atoms with Crippen LogP contribution in [0.5, 0.6) is 0 Å². The highest BCUT2D eigenvalue weighted by Gasteiger charge is 2.33. The number of aryl methyl sites for hydroxylation is 1. The molecular weight excluding hydrogens is 304 g/mol. The smallest absolute Gasteiger partial charge is 0.315 e. The zero-order chi connectivity index (χ0) is 14.8. The third-order valence-corrected chi connectivity index (χ3v) is 4.15. The van der Waals surface area contributed by atoms with Crippen molar-refractivity contribution in [1.82, 2.24) is 4.90 Å². The van der Waals surface area contributed by atoms with E-state index in [0.717, 1.165) is 37.2 Å². The molecule has 0 unspecified atom stereocenters. The van der Waals surface area contributed by atoms with Gasteiger partial charge >= 0.3 is 6.03 Å². The standard InChI is InChI=1S/C15H20N4O2.ClH/c16-15(21)19-8-2-4-13(19)14(20)18-11-5-6-12-10(9-11)3-1-7-17-12;/h5-6,9,13,17H,1-4,7-8H2,(H2,16,21)(H,18,20);1H/t13-;/m0./s1. The van der Waals surface area contributed by atoms with Crippen LogP contribution in [0, 0.1) is 0 Å². The van der Waals surface area contributed by atoms with Gasteiger partial charge in [0, 0.05) is 24.5 Å². The van der Waals surface area contributed by atoms with Gasteiger partial charge < -0.3 is 21.3 Å². The van der Waals surface area contributed by atoms with Crippen molar-refractivity contribution in [3.63, 3.8) is 0 Å². The van der Waals surface area contributed by atoms with E-state index >= 15 is 0 Å². The second-order valence-corrected chi connectivity index (χ2v) is 5.58. The van der Waals surface area contributed by atoms with Crippen LogP contribution in [0.4, 0.5) is 16.2 Å². The number of nitrogens with one attached hydrogen (secondary N) is 2. The lowest BCUT2D eigenvalue weighted by Crippen LogP contribution is -2.45. The predicted octanol–water partition coefficient (Wildman–Crippen LogP) is 1.95. The lowest BCUT2D eigenvalue weighted by molar-refractivity contribution is -0.119. The highest BCUT2D eigenvalue weighted by atomic mass is 35.5. The SMILES string of the molecule is Cl.NC(=O)N1CCC[C@H]1C(=O)Nc1ccc2c(c1)CCCN2. The number of benzene rings is 1. The van der Waals surface area contributed by atoms with E-state index in [2.05, 4.69) is 10.6 Å². The van der Waals surface area contributed by atoms with Crippen molar-refractivity contribution >= 4 is 35.7 Å². The van der Waals surface area contributed by atoms with E-state index < -0.39 is 12.1 Å². The van der Waals surface area contributed by atoms with E-state index in [1.54, 1.807) is 0 Å². The Morgan fingerprint density at radius 2 is 2.14 bits per heavy atom. The fourth-order valence-electron chi connectivity index (χ4n) is 3.08. The first-order valence-electron chi connectivity index (χ1n) is 7.39. The van der Waals surface area contributed by atoms with Crippen molar-refractivity contribution in [2.24, 2.45) is 5.73 Å². The van der Waals surface area contributed by atoms with Crippen molar-refractivity contribution in [3.05, 3.63) is 23.8 Å². The Labute approximate surface area is 135 Å². The maximum atomic E-state index is 12.3. The summed E-state index contributed by atoms with van der Waals surface area (Å²) >= 11 is 0. The number of hydrogen-bond donors (Lipinski definition) is 3. The Morgan fingerprint density at radius 3 is 2.91 bits per heavy atom. The number of urea groups is 1. The molecular formula is C15H21ClN4O2. The van der Waals surface area contributed by atoms with Crippen LogP contribution >= 0.6 is 12.4 Å². The van der Waals surface area contributed by atoms with E-state index in [0.29, 0.717) is 13.0 Å². The molecule has 22 heavy (non-hydrogen) atoms. The molecule has 1 fully saturated rings. The first kappa shape index (κ1) is 16.4. The number of amides is 3. The molecule has 1 aromatic carbocycles. The number of carbonyl (C=O) groups excluding carboxylic acids is 2. The molecule has 0 aliphatic carbocycles. The lowest BCUT2D eigenvalue weighted by atomic mass is 10.0. The van der Waals surface area contributed by atoms with Crippen LogP contribution in [0.25, 0.3) is 0 Å². The Balaban J connectivity index is 0.00000176. The van der Waals surface area contributed by atoms with E-state index in [1.807, 2.05) is 18.2 Å². The normalized spacial score (nSPS) is 19.6. The van der Waals surface area contributed by atoms with Crippen LogP contribution in [0.2, 0.25) is 0 Å². The van der Waals surface area contributed by atoms with Gasteiger partial charge in [0.1, 0.15) is 6.04 Å². The van der Waals surface area contributed by atoms with Gasteiger partial charge in [-0.25, -0.2) is 4.79 Å². The first-order valence-corrected chi connectivity index (χ1v) is 7.39. The highest BCUT2D eigenvalue weighted by molar-refractivity contribution is 5.97. The summed E-state index contributed by atoms with van der Waals surface area (Å²) in [6.45, 7) is 1.55. The largest absolute Gasteiger partial charge is 0.385 e. The monoisotopic (exact) mass is 324 g/mol. The fraction of sp³-hybridized carbons (Fsp3) is 0.467. The minimum atomic E-state index is -0.526. The van der Waals surface area contributed by atoms with Crippen LogP contribution < -0.4 is 16.4 Å². The molecule has 1 atom stereocenters. The fourth-order valence-corrected chi connectivity index (χ4v) is 3.08. The number of carbonyl (C=O) groups is 2. The van der Waals surface area contributed by atoms with Crippen LogP contribution in [0.15, 0.2) is 18.2 Å². The number of primary amides is 1. The number of fused-ring (bicyclic) bond motifs is 1. The minimum absolute atomic E-state index is 0. The van der Waals surface area contributed by atoms with Gasteiger partial charge in [-0.1, -0.05) is 0 Å². The maximum Gasteiger partial charge on any atom is 0.315 e. The summed E-state index contributed by atoms with van der Waals surface area (Å²) in [7, 11) is 0. The molecule has 7 heteroatoms. The van der Waals surface area contributed by atoms with Gasteiger partial charge in [-0.05, 0) is 49.4 Å². The Morgan fingerprint density at radius 1 is 1.32 bits per heavy atom. The van der Waals surface area contributed by atoms with Crippen LogP contribution in [-0.2, 0) is 11.2 Å². The number of nitrogens with two attached hydrogens (primary N) is 1. The van der Waals surface area contributed by atoms with Crippen molar-refractivity contribution in [1.29, 1.82) is 0 Å². The van der Waals surface area contributed by atoms with Crippen molar-refractivity contribution in [2.75, 3.05) is 23.7 Å². The van der Waals surface area contributed by atoms with Gasteiger partial charge in [-0.15, -0.1) is 12.4 Å². The van der Waals surface area contributed by atoms with Crippen molar-refractivity contribution in [2.45, 2.75) is 31.7 Å². The third-order valence-electron chi connectivity index (χ3n) is 4.15. The van der Waals surface area contributed by atoms with Gasteiger partial charge in [0.25, 0.3) is 0 Å². The van der Waals surface area contributed by atoms with E-state index in [1.165, 1.54) is 10.5 Å². The lowest BCUT2D eigenvalue weighted by Gasteiger charge is -2.23. The zero-order valence-corrected chi connectivity index (χ0v) is 13.1. The van der Waals surface area contributed by atoms with Crippen molar-refractivity contribution in [3.8, 4) is 0 Å². The highest BCUT2D eigenvalue weighted by Crippen LogP contribution is 2.26. The van der Waals surface area contributed by atoms with Crippen LogP contribution in [0.1, 0.15) is 24.8 Å². The van der Waals surface area contributed by atoms with Crippen molar-refractivity contribution < 1.29 is 9.59 Å². The first-order chi connectivity index (χ1) is 10.1. The van der Waals surface area contributed by atoms with E-state index in [-0.39, 0.29) is 18.3 Å². The van der Waals surface area contributed by atoms with Crippen LogP contribution in [0.3, 0.4) is 0 Å². The number of rotatable bonds is 2. The number of halogens is 1. The molecule has 2 heterocycles. The summed E-state index contributed by atoms with van der Waals surface area (Å²) in [5.41, 5.74) is 8.44. The summed E-state index contributed by atoms with van der Waals surface area (Å²) in [5, 5.41) is 6.24. The van der Waals surface area contributed by atoms with Gasteiger partial charge in [0.15, 0.2) is 0 Å². The van der Waals surface area contributed by atoms with Gasteiger partial charge in [-0.2, -0.15) is 0 Å². The maximum absolute atomic E-state index is 12.3. The molecule has 0 radical (unpaired) electrons. The van der Waals surface area contributed by atoms with Gasteiger partial charge in [0.2, 0.25) is 5.91 Å². The summed E-state index contributed by atoms with van der Waals surface area (Å²) in [5.74, 6) is -0.157.